The maximum atomic E-state index is 11.5. The molecule has 0 spiro atoms. The minimum Gasteiger partial charge on any atom is -0.481 e. The Balaban J connectivity index is 2.63. The lowest BCUT2D eigenvalue weighted by molar-refractivity contribution is -0.137. The Kier molecular flexibility index (Phi) is 6.29. The topological polar surface area (TPSA) is 75.6 Å². The van der Waals surface area contributed by atoms with E-state index in [-0.39, 0.29) is 13.0 Å². The van der Waals surface area contributed by atoms with Crippen molar-refractivity contribution in [3.63, 3.8) is 0 Å². The Morgan fingerprint density at radius 3 is 2.60 bits per heavy atom. The molecule has 0 aliphatic rings. The average molecular weight is 277 g/mol. The number of amides is 1. The van der Waals surface area contributed by atoms with Gasteiger partial charge in [-0.15, -0.1) is 0 Å². The lowest BCUT2D eigenvalue weighted by Crippen LogP contribution is -2.38. The molecule has 1 aromatic rings. The first-order chi connectivity index (χ1) is 9.51. The fraction of sp³-hybridized carbons (Fsp3) is 0.333. The van der Waals surface area contributed by atoms with E-state index in [0.29, 0.717) is 6.42 Å². The van der Waals surface area contributed by atoms with Crippen LogP contribution < -0.4 is 5.32 Å². The van der Waals surface area contributed by atoms with Gasteiger partial charge in [-0.25, -0.2) is 4.79 Å². The zero-order chi connectivity index (χ0) is 15.0. The number of alkyl carbamates (subject to hydrolysis) is 1. The van der Waals surface area contributed by atoms with Crippen molar-refractivity contribution in [3.8, 4) is 0 Å². The maximum Gasteiger partial charge on any atom is 0.407 e. The number of carbonyl (C=O) groups is 2. The van der Waals surface area contributed by atoms with E-state index >= 15 is 0 Å². The Labute approximate surface area is 118 Å². The number of rotatable bonds is 7. The second kappa shape index (κ2) is 7.99. The van der Waals surface area contributed by atoms with Gasteiger partial charge in [0.15, 0.2) is 0 Å². The molecule has 0 aliphatic heterocycles. The van der Waals surface area contributed by atoms with Crippen LogP contribution in [-0.4, -0.2) is 29.8 Å². The van der Waals surface area contributed by atoms with Gasteiger partial charge >= 0.3 is 12.1 Å². The summed E-state index contributed by atoms with van der Waals surface area (Å²) in [6.07, 6.45) is 1.10. The van der Waals surface area contributed by atoms with E-state index in [1.54, 1.807) is 0 Å². The van der Waals surface area contributed by atoms with Crippen LogP contribution in [0.3, 0.4) is 0 Å². The first-order valence-corrected chi connectivity index (χ1v) is 6.32. The molecule has 1 atom stereocenters. The smallest absolute Gasteiger partial charge is 0.407 e. The van der Waals surface area contributed by atoms with E-state index < -0.39 is 18.1 Å². The summed E-state index contributed by atoms with van der Waals surface area (Å²) in [7, 11) is 0. The van der Waals surface area contributed by atoms with Crippen molar-refractivity contribution in [2.24, 2.45) is 0 Å². The molecule has 108 valence electrons. The highest BCUT2D eigenvalue weighted by molar-refractivity contribution is 5.71. The predicted molar refractivity (Wildman–Crippen MR) is 75.6 cm³/mol. The summed E-state index contributed by atoms with van der Waals surface area (Å²) in [5.41, 5.74) is 2.09. The van der Waals surface area contributed by atoms with Crippen LogP contribution in [0.25, 0.3) is 0 Å². The number of carboxylic acids is 1. The van der Waals surface area contributed by atoms with E-state index in [1.807, 2.05) is 31.2 Å². The number of aliphatic carboxylic acids is 1. The Bertz CT molecular complexity index is 467. The number of carboxylic acid groups (broad SMARTS) is 1. The standard InChI is InChI=1S/C15H19NO4/c1-3-8-20-15(19)16-13(10-14(17)18)9-12-6-4-11(2)5-7-12/h3-7,13H,1,8-10H2,2H3,(H,16,19)(H,17,18)/t13-/m0/s1. The predicted octanol–water partition coefficient (Wildman–Crippen LogP) is 2.29. The SMILES string of the molecule is C=CCOC(=O)N[C@H](CC(=O)O)Cc1ccc(C)cc1. The quantitative estimate of drug-likeness (QED) is 0.750. The zero-order valence-electron chi connectivity index (χ0n) is 11.5. The van der Waals surface area contributed by atoms with Crippen molar-refractivity contribution in [1.29, 1.82) is 0 Å². The molecule has 5 heteroatoms. The Morgan fingerprint density at radius 1 is 1.40 bits per heavy atom. The highest BCUT2D eigenvalue weighted by Crippen LogP contribution is 2.08. The van der Waals surface area contributed by atoms with Crippen LogP contribution in [0.2, 0.25) is 0 Å². The lowest BCUT2D eigenvalue weighted by atomic mass is 10.0. The molecular weight excluding hydrogens is 258 g/mol. The minimum atomic E-state index is -0.967. The second-order valence-electron chi connectivity index (χ2n) is 4.52. The van der Waals surface area contributed by atoms with Crippen LogP contribution in [0.1, 0.15) is 17.5 Å². The number of carbonyl (C=O) groups excluding carboxylic acids is 1. The molecule has 1 aromatic carbocycles. The summed E-state index contributed by atoms with van der Waals surface area (Å²) < 4.78 is 4.80. The minimum absolute atomic E-state index is 0.0934. The summed E-state index contributed by atoms with van der Waals surface area (Å²) >= 11 is 0. The highest BCUT2D eigenvalue weighted by atomic mass is 16.5. The van der Waals surface area contributed by atoms with E-state index in [0.717, 1.165) is 11.1 Å². The third-order valence-electron chi connectivity index (χ3n) is 2.68. The van der Waals surface area contributed by atoms with Crippen molar-refractivity contribution in [2.45, 2.75) is 25.8 Å². The van der Waals surface area contributed by atoms with E-state index in [2.05, 4.69) is 11.9 Å². The van der Waals surface area contributed by atoms with E-state index in [1.165, 1.54) is 6.08 Å². The Hall–Kier alpha value is -2.30. The van der Waals surface area contributed by atoms with Gasteiger partial charge in [-0.05, 0) is 18.9 Å². The first-order valence-electron chi connectivity index (χ1n) is 6.32. The molecule has 0 saturated carbocycles. The number of ether oxygens (including phenoxy) is 1. The van der Waals surface area contributed by atoms with Gasteiger partial charge < -0.3 is 15.2 Å². The molecule has 0 unspecified atom stereocenters. The van der Waals surface area contributed by atoms with Crippen molar-refractivity contribution < 1.29 is 19.4 Å². The number of hydrogen-bond acceptors (Lipinski definition) is 3. The molecular formula is C15H19NO4. The van der Waals surface area contributed by atoms with E-state index in [9.17, 15) is 9.59 Å². The van der Waals surface area contributed by atoms with Crippen LogP contribution >= 0.6 is 0 Å². The monoisotopic (exact) mass is 277 g/mol. The molecule has 0 heterocycles. The molecule has 2 N–H and O–H groups in total. The van der Waals surface area contributed by atoms with Crippen molar-refractivity contribution in [1.82, 2.24) is 5.32 Å². The summed E-state index contributed by atoms with van der Waals surface area (Å²) in [6, 6.07) is 7.22. The average Bonchev–Trinajstić information content (AvgIpc) is 2.38. The number of aryl methyl sites for hydroxylation is 1. The van der Waals surface area contributed by atoms with Gasteiger partial charge in [0, 0.05) is 6.04 Å². The number of benzene rings is 1. The van der Waals surface area contributed by atoms with Crippen molar-refractivity contribution in [2.75, 3.05) is 6.61 Å². The van der Waals surface area contributed by atoms with Crippen LogP contribution in [0.5, 0.6) is 0 Å². The van der Waals surface area contributed by atoms with Crippen LogP contribution in [0.4, 0.5) is 4.79 Å². The molecule has 1 amide bonds. The van der Waals surface area contributed by atoms with Crippen molar-refractivity contribution >= 4 is 12.1 Å². The molecule has 0 bridgehead atoms. The zero-order valence-corrected chi connectivity index (χ0v) is 11.5. The van der Waals surface area contributed by atoms with Gasteiger partial charge in [-0.2, -0.15) is 0 Å². The van der Waals surface area contributed by atoms with Gasteiger partial charge in [0.05, 0.1) is 6.42 Å². The third kappa shape index (κ3) is 6.04. The molecule has 1 rings (SSSR count). The lowest BCUT2D eigenvalue weighted by Gasteiger charge is -2.16. The summed E-state index contributed by atoms with van der Waals surface area (Å²) in [6.45, 7) is 5.51. The number of nitrogens with one attached hydrogen (secondary N) is 1. The normalized spacial score (nSPS) is 11.4. The van der Waals surface area contributed by atoms with E-state index in [4.69, 9.17) is 9.84 Å². The van der Waals surface area contributed by atoms with Crippen molar-refractivity contribution in [3.05, 3.63) is 48.0 Å². The third-order valence-corrected chi connectivity index (χ3v) is 2.68. The second-order valence-corrected chi connectivity index (χ2v) is 4.52. The molecule has 0 aromatic heterocycles. The van der Waals surface area contributed by atoms with Gasteiger partial charge in [-0.1, -0.05) is 42.5 Å². The first kappa shape index (κ1) is 15.8. The maximum absolute atomic E-state index is 11.5. The summed E-state index contributed by atoms with van der Waals surface area (Å²) in [5.74, 6) is -0.967. The fourth-order valence-corrected chi connectivity index (χ4v) is 1.74. The summed E-state index contributed by atoms with van der Waals surface area (Å²) in [5, 5.41) is 11.4. The van der Waals surface area contributed by atoms with Gasteiger partial charge in [0.2, 0.25) is 0 Å². The van der Waals surface area contributed by atoms with Crippen LogP contribution in [0.15, 0.2) is 36.9 Å². The molecule has 5 nitrogen and oxygen atoms in total. The molecule has 0 fully saturated rings. The summed E-state index contributed by atoms with van der Waals surface area (Å²) in [4.78, 5) is 22.3. The fourth-order valence-electron chi connectivity index (χ4n) is 1.74. The molecule has 0 aliphatic carbocycles. The molecule has 0 saturated heterocycles. The largest absolute Gasteiger partial charge is 0.481 e. The highest BCUT2D eigenvalue weighted by Gasteiger charge is 2.17. The number of hydrogen-bond donors (Lipinski definition) is 2. The van der Waals surface area contributed by atoms with Gasteiger partial charge in [-0.3, -0.25) is 4.79 Å². The van der Waals surface area contributed by atoms with Gasteiger partial charge in [0.25, 0.3) is 0 Å². The molecule has 20 heavy (non-hydrogen) atoms. The van der Waals surface area contributed by atoms with Gasteiger partial charge in [0.1, 0.15) is 6.61 Å². The van der Waals surface area contributed by atoms with Crippen LogP contribution in [0, 0.1) is 6.92 Å². The van der Waals surface area contributed by atoms with Crippen LogP contribution in [-0.2, 0) is 16.0 Å². The molecule has 0 radical (unpaired) electrons. The Morgan fingerprint density at radius 2 is 2.05 bits per heavy atom.